The molecule has 138 valence electrons. The molecule has 0 saturated carbocycles. The first kappa shape index (κ1) is 19.3. The molecule has 0 radical (unpaired) electrons. The second-order valence-electron chi connectivity index (χ2n) is 5.32. The quantitative estimate of drug-likeness (QED) is 0.753. The third kappa shape index (κ3) is 4.95. The van der Waals surface area contributed by atoms with E-state index in [-0.39, 0.29) is 18.0 Å². The first-order valence-electron chi connectivity index (χ1n) is 7.39. The van der Waals surface area contributed by atoms with Crippen molar-refractivity contribution in [3.63, 3.8) is 0 Å². The molecule has 0 bridgehead atoms. The van der Waals surface area contributed by atoms with Crippen LogP contribution in [0.2, 0.25) is 0 Å². The average Bonchev–Trinajstić information content (AvgIpc) is 2.93. The van der Waals surface area contributed by atoms with Gasteiger partial charge in [-0.1, -0.05) is 0 Å². The Morgan fingerprint density at radius 1 is 1.24 bits per heavy atom. The molecular formula is C15H18F3N3O3S. The summed E-state index contributed by atoms with van der Waals surface area (Å²) in [6.07, 6.45) is -4.19. The molecule has 0 amide bonds. The highest BCUT2D eigenvalue weighted by Gasteiger charge is 2.34. The van der Waals surface area contributed by atoms with Crippen molar-refractivity contribution < 1.29 is 26.3 Å². The zero-order chi connectivity index (χ0) is 18.7. The average molecular weight is 377 g/mol. The van der Waals surface area contributed by atoms with Crippen LogP contribution < -0.4 is 9.46 Å². The Morgan fingerprint density at radius 2 is 1.88 bits per heavy atom. The van der Waals surface area contributed by atoms with E-state index in [4.69, 9.17) is 4.74 Å². The van der Waals surface area contributed by atoms with Gasteiger partial charge < -0.3 is 4.74 Å². The fourth-order valence-corrected chi connectivity index (χ4v) is 3.22. The molecular weight excluding hydrogens is 359 g/mol. The standard InChI is InChI=1S/C15H18F3N3O3S/c1-11-10-14(15(16,17)18)20-21(11)9-3-8-19-25(22,23)13-6-4-12(24-2)5-7-13/h4-7,10,19H,3,8-9H2,1-2H3. The Morgan fingerprint density at radius 3 is 2.40 bits per heavy atom. The minimum Gasteiger partial charge on any atom is -0.497 e. The molecule has 0 aliphatic carbocycles. The maximum atomic E-state index is 12.6. The molecule has 0 unspecified atom stereocenters. The summed E-state index contributed by atoms with van der Waals surface area (Å²) in [5.74, 6) is 0.536. The van der Waals surface area contributed by atoms with Crippen LogP contribution in [0.4, 0.5) is 13.2 Å². The van der Waals surface area contributed by atoms with Gasteiger partial charge in [-0.2, -0.15) is 18.3 Å². The molecule has 1 N–H and O–H groups in total. The summed E-state index contributed by atoms with van der Waals surface area (Å²) in [5, 5.41) is 3.49. The minimum atomic E-state index is -4.49. The van der Waals surface area contributed by atoms with E-state index in [1.807, 2.05) is 0 Å². The van der Waals surface area contributed by atoms with Gasteiger partial charge in [-0.25, -0.2) is 13.1 Å². The van der Waals surface area contributed by atoms with E-state index in [9.17, 15) is 21.6 Å². The topological polar surface area (TPSA) is 73.2 Å². The number of nitrogens with one attached hydrogen (secondary N) is 1. The highest BCUT2D eigenvalue weighted by molar-refractivity contribution is 7.89. The number of rotatable bonds is 7. The molecule has 1 aromatic heterocycles. The van der Waals surface area contributed by atoms with Crippen LogP contribution in [0.3, 0.4) is 0 Å². The number of ether oxygens (including phenoxy) is 1. The zero-order valence-electron chi connectivity index (χ0n) is 13.7. The maximum Gasteiger partial charge on any atom is 0.435 e. The van der Waals surface area contributed by atoms with Gasteiger partial charge >= 0.3 is 6.18 Å². The van der Waals surface area contributed by atoms with Crippen molar-refractivity contribution in [2.24, 2.45) is 0 Å². The predicted octanol–water partition coefficient (Wildman–Crippen LogP) is 2.59. The first-order chi connectivity index (χ1) is 11.6. The maximum absolute atomic E-state index is 12.6. The van der Waals surface area contributed by atoms with Crippen molar-refractivity contribution in [1.29, 1.82) is 0 Å². The number of sulfonamides is 1. The Balaban J connectivity index is 1.91. The van der Waals surface area contributed by atoms with Crippen LogP contribution >= 0.6 is 0 Å². The Bertz CT molecular complexity index is 815. The third-order valence-electron chi connectivity index (χ3n) is 3.48. The molecule has 10 heteroatoms. The number of nitrogens with zero attached hydrogens (tertiary/aromatic N) is 2. The van der Waals surface area contributed by atoms with Gasteiger partial charge in [-0.05, 0) is 43.7 Å². The van der Waals surface area contributed by atoms with Gasteiger partial charge in [-0.3, -0.25) is 4.68 Å². The number of halogens is 3. The Hall–Kier alpha value is -2.07. The van der Waals surface area contributed by atoms with E-state index in [0.717, 1.165) is 6.07 Å². The van der Waals surface area contributed by atoms with E-state index >= 15 is 0 Å². The monoisotopic (exact) mass is 377 g/mol. The van der Waals surface area contributed by atoms with Crippen molar-refractivity contribution in [3.8, 4) is 5.75 Å². The predicted molar refractivity (Wildman–Crippen MR) is 84.8 cm³/mol. The van der Waals surface area contributed by atoms with E-state index < -0.39 is 21.9 Å². The summed E-state index contributed by atoms with van der Waals surface area (Å²) in [5.41, 5.74) is -0.589. The lowest BCUT2D eigenvalue weighted by molar-refractivity contribution is -0.141. The second kappa shape index (κ2) is 7.44. The summed E-state index contributed by atoms with van der Waals surface area (Å²) in [6.45, 7) is 1.77. The van der Waals surface area contributed by atoms with E-state index in [1.54, 1.807) is 0 Å². The fourth-order valence-electron chi connectivity index (χ4n) is 2.15. The van der Waals surface area contributed by atoms with Crippen LogP contribution in [-0.2, 0) is 22.7 Å². The van der Waals surface area contributed by atoms with Gasteiger partial charge in [0, 0.05) is 18.8 Å². The summed E-state index contributed by atoms with van der Waals surface area (Å²) in [7, 11) is -2.21. The van der Waals surface area contributed by atoms with Gasteiger partial charge in [0.1, 0.15) is 5.75 Å². The number of benzene rings is 1. The highest BCUT2D eigenvalue weighted by atomic mass is 32.2. The van der Waals surface area contributed by atoms with E-state index in [2.05, 4.69) is 9.82 Å². The van der Waals surface area contributed by atoms with Crippen molar-refractivity contribution in [1.82, 2.24) is 14.5 Å². The zero-order valence-corrected chi connectivity index (χ0v) is 14.5. The SMILES string of the molecule is COc1ccc(S(=O)(=O)NCCCn2nc(C(F)(F)F)cc2C)cc1. The first-order valence-corrected chi connectivity index (χ1v) is 8.87. The highest BCUT2D eigenvalue weighted by Crippen LogP contribution is 2.28. The molecule has 0 aliphatic heterocycles. The van der Waals surface area contributed by atoms with E-state index in [1.165, 1.54) is 43.0 Å². The summed E-state index contributed by atoms with van der Waals surface area (Å²) in [6, 6.07) is 6.84. The van der Waals surface area contributed by atoms with Crippen LogP contribution in [0.5, 0.6) is 5.75 Å². The second-order valence-corrected chi connectivity index (χ2v) is 7.09. The van der Waals surface area contributed by atoms with Gasteiger partial charge in [0.25, 0.3) is 0 Å². The molecule has 1 aromatic carbocycles. The molecule has 2 rings (SSSR count). The molecule has 25 heavy (non-hydrogen) atoms. The van der Waals surface area contributed by atoms with Crippen LogP contribution in [0, 0.1) is 6.92 Å². The molecule has 2 aromatic rings. The smallest absolute Gasteiger partial charge is 0.435 e. The number of alkyl halides is 3. The lowest BCUT2D eigenvalue weighted by Gasteiger charge is -2.08. The lowest BCUT2D eigenvalue weighted by Crippen LogP contribution is -2.25. The summed E-state index contributed by atoms with van der Waals surface area (Å²) < 4.78 is 70.6. The molecule has 1 heterocycles. The van der Waals surface area contributed by atoms with Crippen molar-refractivity contribution in [3.05, 3.63) is 41.7 Å². The summed E-state index contributed by atoms with van der Waals surface area (Å²) in [4.78, 5) is 0.0860. The third-order valence-corrected chi connectivity index (χ3v) is 4.96. The number of methoxy groups -OCH3 is 1. The van der Waals surface area contributed by atoms with Gasteiger partial charge in [0.05, 0.1) is 12.0 Å². The minimum absolute atomic E-state index is 0.0784. The van der Waals surface area contributed by atoms with E-state index in [0.29, 0.717) is 17.9 Å². The number of aryl methyl sites for hydroxylation is 2. The van der Waals surface area contributed by atoms with Gasteiger partial charge in [-0.15, -0.1) is 0 Å². The molecule has 0 saturated heterocycles. The number of aromatic nitrogens is 2. The van der Waals surface area contributed by atoms with Crippen LogP contribution in [-0.4, -0.2) is 31.9 Å². The summed E-state index contributed by atoms with van der Waals surface area (Å²) >= 11 is 0. The Kier molecular flexibility index (Phi) is 5.73. The molecule has 0 spiro atoms. The van der Waals surface area contributed by atoms with Crippen molar-refractivity contribution in [2.75, 3.05) is 13.7 Å². The fraction of sp³-hybridized carbons (Fsp3) is 0.400. The number of hydrogen-bond donors (Lipinski definition) is 1. The van der Waals surface area contributed by atoms with Gasteiger partial charge in [0.15, 0.2) is 5.69 Å². The molecule has 0 atom stereocenters. The lowest BCUT2D eigenvalue weighted by atomic mass is 10.3. The molecule has 0 fully saturated rings. The van der Waals surface area contributed by atoms with Crippen LogP contribution in [0.25, 0.3) is 0 Å². The Labute approximate surface area is 143 Å². The van der Waals surface area contributed by atoms with Gasteiger partial charge in [0.2, 0.25) is 10.0 Å². The molecule has 6 nitrogen and oxygen atoms in total. The number of hydrogen-bond acceptors (Lipinski definition) is 4. The van der Waals surface area contributed by atoms with Crippen molar-refractivity contribution in [2.45, 2.75) is 31.0 Å². The largest absolute Gasteiger partial charge is 0.497 e. The normalized spacial score (nSPS) is 12.4. The van der Waals surface area contributed by atoms with Crippen LogP contribution in [0.15, 0.2) is 35.2 Å². The van der Waals surface area contributed by atoms with Crippen LogP contribution in [0.1, 0.15) is 17.8 Å². The molecule has 0 aliphatic rings. The van der Waals surface area contributed by atoms with Crippen molar-refractivity contribution >= 4 is 10.0 Å².